The van der Waals surface area contributed by atoms with Gasteiger partial charge in [0.2, 0.25) is 0 Å². The summed E-state index contributed by atoms with van der Waals surface area (Å²) in [5, 5.41) is 13.9. The van der Waals surface area contributed by atoms with Crippen LogP contribution in [0.15, 0.2) is 48.8 Å². The van der Waals surface area contributed by atoms with Gasteiger partial charge in [-0.05, 0) is 67.1 Å². The van der Waals surface area contributed by atoms with Crippen molar-refractivity contribution in [3.63, 3.8) is 0 Å². The molecule has 2 aromatic carbocycles. The number of piperazine rings is 1. The Kier molecular flexibility index (Phi) is 6.95. The topological polar surface area (TPSA) is 81.6 Å². The Morgan fingerprint density at radius 3 is 2.57 bits per heavy atom. The molecular weight excluding hydrogens is 493 g/mol. The lowest BCUT2D eigenvalue weighted by molar-refractivity contribution is -0.107. The van der Waals surface area contributed by atoms with Gasteiger partial charge < -0.3 is 25.0 Å². The second kappa shape index (κ2) is 10.3. The molecule has 3 heterocycles. The third kappa shape index (κ3) is 5.08. The van der Waals surface area contributed by atoms with E-state index in [0.29, 0.717) is 5.56 Å². The number of halogens is 2. The van der Waals surface area contributed by atoms with E-state index in [4.69, 9.17) is 11.6 Å². The zero-order valence-corrected chi connectivity index (χ0v) is 21.4. The number of rotatable bonds is 6. The van der Waals surface area contributed by atoms with Crippen LogP contribution in [0.25, 0.3) is 22.0 Å². The maximum Gasteiger partial charge on any atom is 0.170 e. The van der Waals surface area contributed by atoms with E-state index in [-0.39, 0.29) is 11.4 Å². The number of carbonyl (C=O) groups is 1. The Hall–Kier alpha value is -3.75. The number of pyridine rings is 2. The molecule has 1 aliphatic rings. The first-order valence-corrected chi connectivity index (χ1v) is 12.4. The molecule has 0 aliphatic carbocycles. The molecule has 0 radical (unpaired) electrons. The summed E-state index contributed by atoms with van der Waals surface area (Å²) in [7, 11) is 2.12. The predicted molar refractivity (Wildman–Crippen MR) is 146 cm³/mol. The molecule has 9 heteroatoms. The molecule has 1 saturated heterocycles. The number of benzene rings is 2. The lowest BCUT2D eigenvalue weighted by Gasteiger charge is -2.33. The third-order valence-corrected chi connectivity index (χ3v) is 7.06. The number of fused-ring (bicyclic) bond motifs is 1. The van der Waals surface area contributed by atoms with Gasteiger partial charge in [0.25, 0.3) is 0 Å². The van der Waals surface area contributed by atoms with Crippen LogP contribution in [0.1, 0.15) is 11.1 Å². The van der Waals surface area contributed by atoms with E-state index in [2.05, 4.69) is 32.1 Å². The number of aromatic hydroxyl groups is 1. The summed E-state index contributed by atoms with van der Waals surface area (Å²) in [4.78, 5) is 25.2. The number of aromatic nitrogens is 2. The van der Waals surface area contributed by atoms with Crippen LogP contribution in [0.3, 0.4) is 0 Å². The van der Waals surface area contributed by atoms with Crippen molar-refractivity contribution in [3.05, 3.63) is 70.8 Å². The van der Waals surface area contributed by atoms with Crippen molar-refractivity contribution in [2.24, 2.45) is 0 Å². The smallest absolute Gasteiger partial charge is 0.170 e. The second-order valence-electron chi connectivity index (χ2n) is 9.32. The summed E-state index contributed by atoms with van der Waals surface area (Å²) in [6.07, 6.45) is 4.50. The number of nitrogens with one attached hydrogen (secondary N) is 1. The van der Waals surface area contributed by atoms with Gasteiger partial charge in [-0.3, -0.25) is 4.98 Å². The monoisotopic (exact) mass is 519 g/mol. The number of likely N-dealkylation sites (N-methyl/N-ethyl adjacent to an activating group) is 1. The molecular formula is C28H27ClFN5O2. The first kappa shape index (κ1) is 24.9. The van der Waals surface area contributed by atoms with E-state index in [0.717, 1.165) is 77.3 Å². The maximum atomic E-state index is 14.3. The van der Waals surface area contributed by atoms with Crippen molar-refractivity contribution in [1.29, 1.82) is 0 Å². The fourth-order valence-corrected chi connectivity index (χ4v) is 4.84. The number of anilines is 3. The molecule has 0 saturated carbocycles. The highest BCUT2D eigenvalue weighted by Crippen LogP contribution is 2.38. The van der Waals surface area contributed by atoms with Gasteiger partial charge in [0, 0.05) is 49.7 Å². The molecule has 1 aliphatic heterocycles. The lowest BCUT2D eigenvalue weighted by atomic mass is 9.96. The van der Waals surface area contributed by atoms with Gasteiger partial charge in [-0.25, -0.2) is 9.37 Å². The molecule has 0 bridgehead atoms. The molecule has 0 atom stereocenters. The third-order valence-electron chi connectivity index (χ3n) is 6.77. The van der Waals surface area contributed by atoms with E-state index < -0.39 is 11.6 Å². The summed E-state index contributed by atoms with van der Waals surface area (Å²) >= 11 is 6.05. The number of nitrogens with zero attached hydrogens (tertiary/aromatic N) is 4. The second-order valence-corrected chi connectivity index (χ2v) is 9.73. The van der Waals surface area contributed by atoms with Gasteiger partial charge >= 0.3 is 0 Å². The van der Waals surface area contributed by atoms with E-state index in [1.807, 2.05) is 31.2 Å². The SMILES string of the molecule is Cc1cc2ncc(CC=O)c(Nc3ccc(N4CCN(C)CC4)nc3)c2cc1-c1cc(F)c(O)c(Cl)c1. The van der Waals surface area contributed by atoms with Crippen molar-refractivity contribution in [3.8, 4) is 16.9 Å². The highest BCUT2D eigenvalue weighted by atomic mass is 35.5. The summed E-state index contributed by atoms with van der Waals surface area (Å²) < 4.78 is 14.3. The lowest BCUT2D eigenvalue weighted by Crippen LogP contribution is -2.44. The van der Waals surface area contributed by atoms with Gasteiger partial charge in [-0.2, -0.15) is 0 Å². The number of phenols is 1. The van der Waals surface area contributed by atoms with Crippen LogP contribution in [0.5, 0.6) is 5.75 Å². The minimum atomic E-state index is -0.792. The van der Waals surface area contributed by atoms with Gasteiger partial charge in [-0.15, -0.1) is 0 Å². The van der Waals surface area contributed by atoms with Crippen molar-refractivity contribution in [1.82, 2.24) is 14.9 Å². The fraction of sp³-hybridized carbons (Fsp3) is 0.250. The van der Waals surface area contributed by atoms with Crippen LogP contribution in [-0.2, 0) is 11.2 Å². The van der Waals surface area contributed by atoms with Gasteiger partial charge in [-0.1, -0.05) is 11.6 Å². The molecule has 0 unspecified atom stereocenters. The van der Waals surface area contributed by atoms with Crippen molar-refractivity contribution < 1.29 is 14.3 Å². The Morgan fingerprint density at radius 2 is 1.89 bits per heavy atom. The predicted octanol–water partition coefficient (Wildman–Crippen LogP) is 5.34. The van der Waals surface area contributed by atoms with Crippen LogP contribution in [0.4, 0.5) is 21.6 Å². The van der Waals surface area contributed by atoms with Crippen LogP contribution in [-0.4, -0.2) is 59.5 Å². The van der Waals surface area contributed by atoms with Crippen LogP contribution in [0.2, 0.25) is 5.02 Å². The summed E-state index contributed by atoms with van der Waals surface area (Å²) in [6, 6.07) is 10.6. The highest BCUT2D eigenvalue weighted by Gasteiger charge is 2.17. The Labute approximate surface area is 219 Å². The molecule has 37 heavy (non-hydrogen) atoms. The first-order valence-electron chi connectivity index (χ1n) is 12.0. The van der Waals surface area contributed by atoms with Crippen molar-refractivity contribution in [2.75, 3.05) is 43.4 Å². The highest BCUT2D eigenvalue weighted by molar-refractivity contribution is 6.32. The molecule has 0 amide bonds. The normalized spacial score (nSPS) is 14.2. The molecule has 7 nitrogen and oxygen atoms in total. The first-order chi connectivity index (χ1) is 17.8. The number of aldehydes is 1. The fourth-order valence-electron chi connectivity index (χ4n) is 4.64. The number of hydrogen-bond donors (Lipinski definition) is 2. The Bertz CT molecular complexity index is 1450. The largest absolute Gasteiger partial charge is 0.504 e. The average molecular weight is 520 g/mol. The van der Waals surface area contributed by atoms with Crippen molar-refractivity contribution in [2.45, 2.75) is 13.3 Å². The van der Waals surface area contributed by atoms with Crippen LogP contribution >= 0.6 is 11.6 Å². The zero-order valence-electron chi connectivity index (χ0n) is 20.6. The number of aryl methyl sites for hydroxylation is 1. The maximum absolute atomic E-state index is 14.3. The molecule has 1 fully saturated rings. The van der Waals surface area contributed by atoms with Crippen molar-refractivity contribution >= 4 is 46.0 Å². The molecule has 5 rings (SSSR count). The number of carbonyl (C=O) groups excluding carboxylic acids is 1. The molecule has 2 N–H and O–H groups in total. The van der Waals surface area contributed by atoms with E-state index in [1.54, 1.807) is 12.4 Å². The summed E-state index contributed by atoms with van der Waals surface area (Å²) in [5.41, 5.74) is 5.11. The average Bonchev–Trinajstić information content (AvgIpc) is 2.89. The number of phenolic OH excluding ortho intramolecular Hbond substituents is 1. The van der Waals surface area contributed by atoms with Gasteiger partial charge in [0.05, 0.1) is 28.1 Å². The Morgan fingerprint density at radius 1 is 1.11 bits per heavy atom. The van der Waals surface area contributed by atoms with E-state index >= 15 is 0 Å². The van der Waals surface area contributed by atoms with Crippen LogP contribution < -0.4 is 10.2 Å². The molecule has 2 aromatic heterocycles. The Balaban J connectivity index is 1.55. The molecule has 190 valence electrons. The van der Waals surface area contributed by atoms with Gasteiger partial charge in [0.1, 0.15) is 12.1 Å². The van der Waals surface area contributed by atoms with Crippen LogP contribution in [0, 0.1) is 12.7 Å². The van der Waals surface area contributed by atoms with Gasteiger partial charge in [0.15, 0.2) is 11.6 Å². The minimum Gasteiger partial charge on any atom is -0.504 e. The molecule has 0 spiro atoms. The minimum absolute atomic E-state index is 0.0628. The standard InChI is InChI=1S/C28H27ClFN5O2/c1-17-11-25-22(14-21(17)19-12-23(29)28(37)24(30)13-19)27(18(5-10-36)15-31-25)33-20-3-4-26(32-16-20)35-8-6-34(2)7-9-35/h3-4,10-16,37H,5-9H2,1-2H3,(H,31,33). The zero-order chi connectivity index (χ0) is 26.1. The van der Waals surface area contributed by atoms with E-state index in [9.17, 15) is 14.3 Å². The molecule has 4 aromatic rings. The van der Waals surface area contributed by atoms with E-state index in [1.165, 1.54) is 12.1 Å². The summed E-state index contributed by atoms with van der Waals surface area (Å²) in [5.74, 6) is -0.441. The quantitative estimate of drug-likeness (QED) is 0.333. The number of hydrogen-bond acceptors (Lipinski definition) is 7. The summed E-state index contributed by atoms with van der Waals surface area (Å²) in [6.45, 7) is 5.76.